The molecule has 0 aliphatic carbocycles. The van der Waals surface area contributed by atoms with Crippen molar-refractivity contribution in [3.63, 3.8) is 0 Å². The molecule has 1 N–H and O–H groups in total. The summed E-state index contributed by atoms with van der Waals surface area (Å²) in [5.74, 6) is 1.18. The van der Waals surface area contributed by atoms with Gasteiger partial charge in [0.05, 0.1) is 10.9 Å². The second-order valence-electron chi connectivity index (χ2n) is 5.39. The number of nitrogens with one attached hydrogen (secondary N) is 1. The molecule has 1 atom stereocenters. The minimum Gasteiger partial charge on any atom is -0.454 e. The first-order valence-electron chi connectivity index (χ1n) is 7.25. The summed E-state index contributed by atoms with van der Waals surface area (Å²) in [5, 5.41) is 4.77. The summed E-state index contributed by atoms with van der Waals surface area (Å²) in [4.78, 5) is 26.7. The average molecular weight is 330 g/mol. The van der Waals surface area contributed by atoms with E-state index in [2.05, 4.69) is 5.32 Å². The van der Waals surface area contributed by atoms with Crippen molar-refractivity contribution in [3.05, 3.63) is 40.6 Å². The number of rotatable bonds is 3. The van der Waals surface area contributed by atoms with Gasteiger partial charge in [-0.3, -0.25) is 9.59 Å². The molecular formula is C16H14N2O4S. The zero-order valence-electron chi connectivity index (χ0n) is 12.2. The van der Waals surface area contributed by atoms with Crippen LogP contribution < -0.4 is 19.7 Å². The second kappa shape index (κ2) is 5.58. The van der Waals surface area contributed by atoms with Crippen LogP contribution >= 0.6 is 11.3 Å². The molecule has 7 heteroatoms. The van der Waals surface area contributed by atoms with Gasteiger partial charge in [0.25, 0.3) is 5.91 Å². The van der Waals surface area contributed by atoms with Gasteiger partial charge in [-0.05, 0) is 23.6 Å². The van der Waals surface area contributed by atoms with Gasteiger partial charge in [-0.15, -0.1) is 11.3 Å². The van der Waals surface area contributed by atoms with E-state index in [9.17, 15) is 9.59 Å². The summed E-state index contributed by atoms with van der Waals surface area (Å²) >= 11 is 1.38. The molecule has 4 rings (SSSR count). The monoisotopic (exact) mass is 330 g/mol. The maximum atomic E-state index is 12.3. The number of carbonyl (C=O) groups is 2. The van der Waals surface area contributed by atoms with Gasteiger partial charge in [0.2, 0.25) is 12.7 Å². The number of ether oxygens (including phenoxy) is 2. The number of nitrogens with zero attached hydrogens (tertiary/aromatic N) is 1. The van der Waals surface area contributed by atoms with Crippen molar-refractivity contribution >= 4 is 28.8 Å². The number of hydrogen-bond donors (Lipinski definition) is 1. The Morgan fingerprint density at radius 3 is 2.96 bits per heavy atom. The summed E-state index contributed by atoms with van der Waals surface area (Å²) in [6.07, 6.45) is 0.297. The van der Waals surface area contributed by atoms with Crippen LogP contribution in [0.3, 0.4) is 0 Å². The fourth-order valence-corrected chi connectivity index (χ4v) is 3.40. The van der Waals surface area contributed by atoms with Gasteiger partial charge in [-0.1, -0.05) is 6.07 Å². The highest BCUT2D eigenvalue weighted by Gasteiger charge is 2.32. The first-order valence-corrected chi connectivity index (χ1v) is 8.13. The normalized spacial score (nSPS) is 19.2. The predicted octanol–water partition coefficient (Wildman–Crippen LogP) is 2.01. The average Bonchev–Trinajstić information content (AvgIpc) is 3.26. The summed E-state index contributed by atoms with van der Waals surface area (Å²) in [6, 6.07) is 8.83. The van der Waals surface area contributed by atoms with Crippen LogP contribution in [0.2, 0.25) is 0 Å². The minimum atomic E-state index is -0.192. The zero-order valence-corrected chi connectivity index (χ0v) is 13.0. The summed E-state index contributed by atoms with van der Waals surface area (Å²) in [7, 11) is 0. The van der Waals surface area contributed by atoms with Crippen LogP contribution in [0.1, 0.15) is 16.1 Å². The third kappa shape index (κ3) is 2.63. The van der Waals surface area contributed by atoms with Crippen LogP contribution in [0, 0.1) is 0 Å². The van der Waals surface area contributed by atoms with E-state index in [1.807, 2.05) is 17.5 Å². The number of anilines is 1. The molecule has 6 nitrogen and oxygen atoms in total. The molecule has 2 aliphatic rings. The fraction of sp³-hybridized carbons (Fsp3) is 0.250. The highest BCUT2D eigenvalue weighted by molar-refractivity contribution is 7.12. The van der Waals surface area contributed by atoms with Crippen molar-refractivity contribution in [2.75, 3.05) is 18.2 Å². The molecule has 1 unspecified atom stereocenters. The van der Waals surface area contributed by atoms with Crippen molar-refractivity contribution in [2.45, 2.75) is 12.5 Å². The number of carbonyl (C=O) groups excluding carboxylic acids is 2. The van der Waals surface area contributed by atoms with Crippen LogP contribution in [0.25, 0.3) is 0 Å². The van der Waals surface area contributed by atoms with Gasteiger partial charge in [-0.25, -0.2) is 0 Å². The summed E-state index contributed by atoms with van der Waals surface area (Å²) < 4.78 is 10.6. The van der Waals surface area contributed by atoms with E-state index in [1.54, 1.807) is 23.1 Å². The molecule has 0 bridgehead atoms. The van der Waals surface area contributed by atoms with E-state index in [-0.39, 0.29) is 24.6 Å². The fourth-order valence-electron chi connectivity index (χ4n) is 2.77. The molecule has 1 aromatic carbocycles. The number of hydrogen-bond acceptors (Lipinski definition) is 5. The Morgan fingerprint density at radius 2 is 2.13 bits per heavy atom. The van der Waals surface area contributed by atoms with Crippen LogP contribution in [-0.2, 0) is 4.79 Å². The Hall–Kier alpha value is -2.54. The highest BCUT2D eigenvalue weighted by Crippen LogP contribution is 2.36. The molecule has 118 valence electrons. The molecule has 23 heavy (non-hydrogen) atoms. The number of thiophene rings is 1. The number of amides is 2. The van der Waals surface area contributed by atoms with Gasteiger partial charge < -0.3 is 19.7 Å². The van der Waals surface area contributed by atoms with Gasteiger partial charge in [-0.2, -0.15) is 0 Å². The Labute approximate surface area is 136 Å². The van der Waals surface area contributed by atoms with Gasteiger partial charge >= 0.3 is 0 Å². The third-order valence-corrected chi connectivity index (χ3v) is 4.74. The first-order chi connectivity index (χ1) is 11.2. The number of benzene rings is 1. The van der Waals surface area contributed by atoms with E-state index >= 15 is 0 Å². The highest BCUT2D eigenvalue weighted by atomic mass is 32.1. The summed E-state index contributed by atoms with van der Waals surface area (Å²) in [5.41, 5.74) is 0.757. The SMILES string of the molecule is O=C(NC1CC(=O)N(c2ccc3c(c2)OCO3)C1)c1cccs1. The molecule has 2 aliphatic heterocycles. The van der Waals surface area contributed by atoms with Crippen molar-refractivity contribution in [2.24, 2.45) is 0 Å². The molecule has 0 saturated carbocycles. The molecular weight excluding hydrogens is 316 g/mol. The molecule has 1 aromatic heterocycles. The lowest BCUT2D eigenvalue weighted by Gasteiger charge is -2.17. The van der Waals surface area contributed by atoms with E-state index in [4.69, 9.17) is 9.47 Å². The Morgan fingerprint density at radius 1 is 1.26 bits per heavy atom. The van der Waals surface area contributed by atoms with Crippen molar-refractivity contribution in [1.29, 1.82) is 0 Å². The number of fused-ring (bicyclic) bond motifs is 1. The van der Waals surface area contributed by atoms with Gasteiger partial charge in [0.1, 0.15) is 0 Å². The van der Waals surface area contributed by atoms with Crippen molar-refractivity contribution < 1.29 is 19.1 Å². The zero-order chi connectivity index (χ0) is 15.8. The lowest BCUT2D eigenvalue weighted by Crippen LogP contribution is -2.36. The maximum absolute atomic E-state index is 12.3. The maximum Gasteiger partial charge on any atom is 0.261 e. The van der Waals surface area contributed by atoms with Crippen LogP contribution in [0.4, 0.5) is 5.69 Å². The van der Waals surface area contributed by atoms with E-state index in [0.29, 0.717) is 29.3 Å². The largest absolute Gasteiger partial charge is 0.454 e. The van der Waals surface area contributed by atoms with E-state index < -0.39 is 0 Å². The van der Waals surface area contributed by atoms with Gasteiger partial charge in [0, 0.05) is 24.7 Å². The molecule has 2 aromatic rings. The minimum absolute atomic E-state index is 0.0136. The molecule has 2 amide bonds. The van der Waals surface area contributed by atoms with E-state index in [0.717, 1.165) is 5.69 Å². The standard InChI is InChI=1S/C16H14N2O4S/c19-15-6-10(17-16(20)14-2-1-5-23-14)8-18(15)11-3-4-12-13(7-11)22-9-21-12/h1-5,7,10H,6,8-9H2,(H,17,20). The Kier molecular flexibility index (Phi) is 3.42. The van der Waals surface area contributed by atoms with Crippen LogP contribution in [0.5, 0.6) is 11.5 Å². The molecule has 0 radical (unpaired) electrons. The second-order valence-corrected chi connectivity index (χ2v) is 6.34. The molecule has 1 fully saturated rings. The van der Waals surface area contributed by atoms with Crippen LogP contribution in [-0.4, -0.2) is 31.2 Å². The molecule has 1 saturated heterocycles. The first kappa shape index (κ1) is 14.1. The summed E-state index contributed by atoms with van der Waals surface area (Å²) in [6.45, 7) is 0.655. The molecule has 3 heterocycles. The Balaban J connectivity index is 1.47. The predicted molar refractivity (Wildman–Crippen MR) is 85.1 cm³/mol. The van der Waals surface area contributed by atoms with Crippen molar-refractivity contribution in [3.8, 4) is 11.5 Å². The lowest BCUT2D eigenvalue weighted by molar-refractivity contribution is -0.117. The van der Waals surface area contributed by atoms with Crippen molar-refractivity contribution in [1.82, 2.24) is 5.32 Å². The van der Waals surface area contributed by atoms with Gasteiger partial charge in [0.15, 0.2) is 11.5 Å². The quantitative estimate of drug-likeness (QED) is 0.935. The Bertz CT molecular complexity index is 759. The smallest absolute Gasteiger partial charge is 0.261 e. The topological polar surface area (TPSA) is 67.9 Å². The van der Waals surface area contributed by atoms with Crippen LogP contribution in [0.15, 0.2) is 35.7 Å². The lowest BCUT2D eigenvalue weighted by atomic mass is 10.2. The molecule has 0 spiro atoms. The van der Waals surface area contributed by atoms with E-state index in [1.165, 1.54) is 11.3 Å². The third-order valence-electron chi connectivity index (χ3n) is 3.87.